The Kier molecular flexibility index (Phi) is 5.35. The van der Waals surface area contributed by atoms with E-state index in [4.69, 9.17) is 11.6 Å². The lowest BCUT2D eigenvalue weighted by Gasteiger charge is -2.15. The molecule has 0 aliphatic heterocycles. The molecule has 0 spiro atoms. The van der Waals surface area contributed by atoms with Gasteiger partial charge in [-0.3, -0.25) is 0 Å². The highest BCUT2D eigenvalue weighted by Crippen LogP contribution is 2.27. The third kappa shape index (κ3) is 4.09. The van der Waals surface area contributed by atoms with Crippen LogP contribution in [-0.2, 0) is 13.1 Å². The Hall–Kier alpha value is -2.70. The van der Waals surface area contributed by atoms with Gasteiger partial charge in [-0.25, -0.2) is 0 Å². The van der Waals surface area contributed by atoms with E-state index in [1.54, 1.807) is 0 Å². The number of rotatable bonds is 6. The molecule has 1 aromatic heterocycles. The van der Waals surface area contributed by atoms with E-state index in [1.165, 1.54) is 6.07 Å². The summed E-state index contributed by atoms with van der Waals surface area (Å²) in [5, 5.41) is 16.7. The number of halogens is 1. The van der Waals surface area contributed by atoms with Gasteiger partial charge in [-0.15, -0.1) is 0 Å². The zero-order valence-electron chi connectivity index (χ0n) is 14.6. The lowest BCUT2D eigenvalue weighted by molar-refractivity contribution is -0.389. The molecule has 3 rings (SSSR count). The highest BCUT2D eigenvalue weighted by molar-refractivity contribution is 6.30. The van der Waals surface area contributed by atoms with Crippen LogP contribution in [0.4, 0.5) is 11.6 Å². The van der Waals surface area contributed by atoms with Gasteiger partial charge in [0.15, 0.2) is 0 Å². The number of fused-ring (bicyclic) bond motifs is 1. The molecule has 6 nitrogen and oxygen atoms in total. The molecule has 0 saturated carbocycles. The summed E-state index contributed by atoms with van der Waals surface area (Å²) in [6, 6.07) is 14.7. The summed E-state index contributed by atoms with van der Waals surface area (Å²) >= 11 is 6.12. The van der Waals surface area contributed by atoms with E-state index < -0.39 is 4.92 Å². The van der Waals surface area contributed by atoms with Crippen LogP contribution in [0.1, 0.15) is 11.1 Å². The maximum Gasteiger partial charge on any atom is 0.366 e. The van der Waals surface area contributed by atoms with Crippen LogP contribution >= 0.6 is 11.6 Å². The number of benzene rings is 2. The summed E-state index contributed by atoms with van der Waals surface area (Å²) in [4.78, 5) is 16.9. The van der Waals surface area contributed by atoms with Crippen molar-refractivity contribution in [3.8, 4) is 0 Å². The van der Waals surface area contributed by atoms with Gasteiger partial charge in [-0.2, -0.15) is 0 Å². The minimum atomic E-state index is -0.475. The molecular formula is C19H19ClN4O2. The standard InChI is InChI=1S/C19H19ClN4O2/c1-23(2)12-15-9-16(20)8-7-14(15)11-21-19-17-6-4-3-5-13(17)10-18(22-19)24(25)26/h3-10H,11-12H2,1-2H3,(H,21,22). The Morgan fingerprint density at radius 2 is 1.92 bits per heavy atom. The average Bonchev–Trinajstić information content (AvgIpc) is 2.60. The van der Waals surface area contributed by atoms with Gasteiger partial charge in [0.25, 0.3) is 0 Å². The molecule has 0 fully saturated rings. The van der Waals surface area contributed by atoms with Crippen molar-refractivity contribution in [1.29, 1.82) is 0 Å². The Bertz CT molecular complexity index is 959. The van der Waals surface area contributed by atoms with Crippen LogP contribution < -0.4 is 5.32 Å². The zero-order chi connectivity index (χ0) is 18.7. The maximum absolute atomic E-state index is 11.2. The van der Waals surface area contributed by atoms with Crippen LogP contribution in [0.3, 0.4) is 0 Å². The highest BCUT2D eigenvalue weighted by Gasteiger charge is 2.16. The van der Waals surface area contributed by atoms with Crippen molar-refractivity contribution >= 4 is 34.0 Å². The molecule has 0 atom stereocenters. The van der Waals surface area contributed by atoms with Gasteiger partial charge in [0, 0.05) is 24.2 Å². The first-order chi connectivity index (χ1) is 12.4. The van der Waals surface area contributed by atoms with Crippen molar-refractivity contribution in [2.24, 2.45) is 0 Å². The van der Waals surface area contributed by atoms with Crippen molar-refractivity contribution in [2.75, 3.05) is 19.4 Å². The predicted molar refractivity (Wildman–Crippen MR) is 105 cm³/mol. The van der Waals surface area contributed by atoms with Crippen LogP contribution in [0.25, 0.3) is 10.8 Å². The van der Waals surface area contributed by atoms with Gasteiger partial charge >= 0.3 is 5.82 Å². The third-order valence-electron chi connectivity index (χ3n) is 4.02. The number of nitrogens with one attached hydrogen (secondary N) is 1. The topological polar surface area (TPSA) is 71.3 Å². The van der Waals surface area contributed by atoms with Crippen molar-refractivity contribution in [3.05, 3.63) is 74.8 Å². The van der Waals surface area contributed by atoms with Crippen LogP contribution in [0.5, 0.6) is 0 Å². The zero-order valence-corrected chi connectivity index (χ0v) is 15.3. The molecule has 0 radical (unpaired) electrons. The molecule has 2 aromatic carbocycles. The van der Waals surface area contributed by atoms with Gasteiger partial charge in [0.05, 0.1) is 5.39 Å². The van der Waals surface area contributed by atoms with Crippen molar-refractivity contribution in [1.82, 2.24) is 9.88 Å². The third-order valence-corrected chi connectivity index (χ3v) is 4.25. The second-order valence-corrected chi connectivity index (χ2v) is 6.75. The van der Waals surface area contributed by atoms with Gasteiger partial charge in [-0.1, -0.05) is 35.9 Å². The molecule has 0 aliphatic rings. The number of hydrogen-bond acceptors (Lipinski definition) is 5. The Labute approximate surface area is 156 Å². The van der Waals surface area contributed by atoms with E-state index in [2.05, 4.69) is 15.2 Å². The summed E-state index contributed by atoms with van der Waals surface area (Å²) in [6.45, 7) is 1.25. The molecule has 0 amide bonds. The highest BCUT2D eigenvalue weighted by atomic mass is 35.5. The largest absolute Gasteiger partial charge is 0.366 e. The van der Waals surface area contributed by atoms with E-state index >= 15 is 0 Å². The van der Waals surface area contributed by atoms with Crippen molar-refractivity contribution in [2.45, 2.75) is 13.1 Å². The fraction of sp³-hybridized carbons (Fsp3) is 0.211. The molecule has 0 aliphatic carbocycles. The molecule has 1 N–H and O–H groups in total. The number of anilines is 1. The van der Waals surface area contributed by atoms with E-state index in [9.17, 15) is 10.1 Å². The average molecular weight is 371 g/mol. The van der Waals surface area contributed by atoms with Gasteiger partial charge in [-0.05, 0) is 58.7 Å². The smallest absolute Gasteiger partial charge is 0.358 e. The quantitative estimate of drug-likeness (QED) is 0.512. The molecule has 3 aromatic rings. The molecule has 26 heavy (non-hydrogen) atoms. The Balaban J connectivity index is 1.94. The van der Waals surface area contributed by atoms with Gasteiger partial charge in [0.1, 0.15) is 0 Å². The van der Waals surface area contributed by atoms with E-state index in [1.807, 2.05) is 56.6 Å². The Morgan fingerprint density at radius 1 is 1.15 bits per heavy atom. The minimum absolute atomic E-state index is 0.171. The molecule has 0 saturated heterocycles. The second-order valence-electron chi connectivity index (χ2n) is 6.31. The van der Waals surface area contributed by atoms with Crippen LogP contribution in [0.2, 0.25) is 5.02 Å². The van der Waals surface area contributed by atoms with Gasteiger partial charge < -0.3 is 20.3 Å². The first-order valence-corrected chi connectivity index (χ1v) is 8.52. The van der Waals surface area contributed by atoms with Gasteiger partial charge in [0.2, 0.25) is 5.82 Å². The lowest BCUT2D eigenvalue weighted by Crippen LogP contribution is -2.14. The summed E-state index contributed by atoms with van der Waals surface area (Å²) in [5.41, 5.74) is 2.17. The van der Waals surface area contributed by atoms with Crippen molar-refractivity contribution in [3.63, 3.8) is 0 Å². The molecule has 7 heteroatoms. The summed E-state index contributed by atoms with van der Waals surface area (Å²) < 4.78 is 0. The summed E-state index contributed by atoms with van der Waals surface area (Å²) in [5.74, 6) is 0.330. The van der Waals surface area contributed by atoms with Crippen LogP contribution in [0.15, 0.2) is 48.5 Å². The van der Waals surface area contributed by atoms with E-state index in [0.717, 1.165) is 28.4 Å². The minimum Gasteiger partial charge on any atom is -0.358 e. The monoisotopic (exact) mass is 370 g/mol. The Morgan fingerprint density at radius 3 is 2.65 bits per heavy atom. The first-order valence-electron chi connectivity index (χ1n) is 8.14. The number of hydrogen-bond donors (Lipinski definition) is 1. The maximum atomic E-state index is 11.2. The molecule has 1 heterocycles. The van der Waals surface area contributed by atoms with E-state index in [-0.39, 0.29) is 5.82 Å². The van der Waals surface area contributed by atoms with Crippen LogP contribution in [0, 0.1) is 10.1 Å². The second kappa shape index (κ2) is 7.68. The fourth-order valence-electron chi connectivity index (χ4n) is 2.85. The number of nitrogens with zero attached hydrogens (tertiary/aromatic N) is 3. The molecular weight excluding hydrogens is 352 g/mol. The fourth-order valence-corrected chi connectivity index (χ4v) is 3.04. The number of nitro groups is 1. The summed E-state index contributed by atoms with van der Waals surface area (Å²) in [6.07, 6.45) is 0. The number of pyridine rings is 1. The first kappa shape index (κ1) is 18.1. The van der Waals surface area contributed by atoms with Crippen LogP contribution in [-0.4, -0.2) is 28.9 Å². The normalized spacial score (nSPS) is 11.1. The molecule has 134 valence electrons. The predicted octanol–water partition coefficient (Wildman–Crippen LogP) is 4.47. The summed E-state index contributed by atoms with van der Waals surface area (Å²) in [7, 11) is 3.99. The SMILES string of the molecule is CN(C)Cc1cc(Cl)ccc1CNc1nc([N+](=O)[O-])cc2ccccc12. The molecule has 0 unspecified atom stereocenters. The van der Waals surface area contributed by atoms with Crippen molar-refractivity contribution < 1.29 is 4.92 Å². The number of aromatic nitrogens is 1. The lowest BCUT2D eigenvalue weighted by atomic mass is 10.1. The molecule has 0 bridgehead atoms. The van der Waals surface area contributed by atoms with E-state index in [0.29, 0.717) is 17.4 Å².